The van der Waals surface area contributed by atoms with Crippen LogP contribution in [0.1, 0.15) is 76.3 Å². The minimum absolute atomic E-state index is 0.307. The van der Waals surface area contributed by atoms with Crippen LogP contribution in [-0.4, -0.2) is 40.5 Å². The van der Waals surface area contributed by atoms with Crippen LogP contribution in [0.4, 0.5) is 10.5 Å². The van der Waals surface area contributed by atoms with Crippen molar-refractivity contribution < 1.29 is 19.1 Å². The highest BCUT2D eigenvalue weighted by Crippen LogP contribution is 2.33. The predicted molar refractivity (Wildman–Crippen MR) is 149 cm³/mol. The number of carbonyl (C=O) groups is 3. The Kier molecular flexibility index (Phi) is 10.2. The van der Waals surface area contributed by atoms with Crippen molar-refractivity contribution in [1.82, 2.24) is 10.2 Å². The topological polar surface area (TPSA) is 87.7 Å². The summed E-state index contributed by atoms with van der Waals surface area (Å²) in [5.41, 5.74) is 3.22. The van der Waals surface area contributed by atoms with E-state index in [1.165, 1.54) is 0 Å². The van der Waals surface area contributed by atoms with Crippen LogP contribution >= 0.6 is 11.6 Å². The average Bonchev–Trinajstić information content (AvgIpc) is 2.79. The molecule has 202 valence electrons. The number of hydrogen-bond acceptors (Lipinski definition) is 4. The summed E-state index contributed by atoms with van der Waals surface area (Å²) < 4.78 is 5.34. The van der Waals surface area contributed by atoms with Gasteiger partial charge in [-0.2, -0.15) is 0 Å². The molecule has 0 aliphatic heterocycles. The maximum Gasteiger partial charge on any atom is 0.408 e. The predicted octanol–water partition coefficient (Wildman–Crippen LogP) is 6.49. The number of para-hydroxylation sites is 1. The van der Waals surface area contributed by atoms with E-state index in [9.17, 15) is 14.4 Å². The number of carbonyl (C=O) groups excluding carboxylic acids is 3. The number of rotatable bonds is 8. The Morgan fingerprint density at radius 2 is 1.59 bits per heavy atom. The Balaban J connectivity index is 2.57. The summed E-state index contributed by atoms with van der Waals surface area (Å²) in [4.78, 5) is 41.9. The molecule has 2 aromatic rings. The SMILES string of the molecule is CCC(C)N(C(=O)C(C)NC(=O)OC(C)(C)C)C(C(=O)Nc1c(C)cccc1Cl)c1cccc(C)c1C. The number of alkyl carbamates (subject to hydrolysis) is 1. The van der Waals surface area contributed by atoms with E-state index in [-0.39, 0.29) is 11.9 Å². The van der Waals surface area contributed by atoms with Crippen LogP contribution in [-0.2, 0) is 14.3 Å². The summed E-state index contributed by atoms with van der Waals surface area (Å²) in [5, 5.41) is 6.01. The van der Waals surface area contributed by atoms with Crippen LogP contribution < -0.4 is 10.6 Å². The number of ether oxygens (including phenoxy) is 1. The van der Waals surface area contributed by atoms with Crippen LogP contribution in [0.5, 0.6) is 0 Å². The number of benzene rings is 2. The van der Waals surface area contributed by atoms with Gasteiger partial charge < -0.3 is 20.3 Å². The second-order valence-corrected chi connectivity index (χ2v) is 10.9. The van der Waals surface area contributed by atoms with Gasteiger partial charge in [0.2, 0.25) is 5.91 Å². The lowest BCUT2D eigenvalue weighted by Crippen LogP contribution is -2.54. The van der Waals surface area contributed by atoms with Gasteiger partial charge in [0.25, 0.3) is 5.91 Å². The lowest BCUT2D eigenvalue weighted by molar-refractivity contribution is -0.143. The quantitative estimate of drug-likeness (QED) is 0.409. The van der Waals surface area contributed by atoms with Gasteiger partial charge in [-0.3, -0.25) is 9.59 Å². The fourth-order valence-electron chi connectivity index (χ4n) is 4.03. The van der Waals surface area contributed by atoms with E-state index in [0.717, 1.165) is 16.7 Å². The normalized spacial score (nSPS) is 13.8. The number of aryl methyl sites for hydroxylation is 2. The minimum Gasteiger partial charge on any atom is -0.444 e. The van der Waals surface area contributed by atoms with Crippen molar-refractivity contribution in [1.29, 1.82) is 0 Å². The third kappa shape index (κ3) is 7.71. The summed E-state index contributed by atoms with van der Waals surface area (Å²) in [7, 11) is 0. The fraction of sp³-hybridized carbons (Fsp3) is 0.483. The number of amides is 3. The maximum atomic E-state index is 14.0. The Labute approximate surface area is 225 Å². The number of hydrogen-bond donors (Lipinski definition) is 2. The highest BCUT2D eigenvalue weighted by molar-refractivity contribution is 6.34. The Hall–Kier alpha value is -3.06. The van der Waals surface area contributed by atoms with E-state index in [1.807, 2.05) is 65.0 Å². The van der Waals surface area contributed by atoms with Gasteiger partial charge in [-0.05, 0) is 90.1 Å². The molecule has 0 heterocycles. The van der Waals surface area contributed by atoms with Crippen molar-refractivity contribution >= 4 is 35.2 Å². The van der Waals surface area contributed by atoms with E-state index in [1.54, 1.807) is 38.7 Å². The van der Waals surface area contributed by atoms with Crippen molar-refractivity contribution in [3.8, 4) is 0 Å². The summed E-state index contributed by atoms with van der Waals surface area (Å²) >= 11 is 6.42. The molecule has 0 aromatic heterocycles. The van der Waals surface area contributed by atoms with Crippen molar-refractivity contribution in [3.05, 3.63) is 63.7 Å². The summed E-state index contributed by atoms with van der Waals surface area (Å²) in [6.45, 7) is 16.5. The summed E-state index contributed by atoms with van der Waals surface area (Å²) in [6, 6.07) is 8.90. The number of nitrogens with one attached hydrogen (secondary N) is 2. The molecule has 2 aromatic carbocycles. The molecule has 0 saturated heterocycles. The number of halogens is 1. The molecule has 37 heavy (non-hydrogen) atoms. The van der Waals surface area contributed by atoms with E-state index in [0.29, 0.717) is 22.7 Å². The van der Waals surface area contributed by atoms with Crippen molar-refractivity contribution in [2.75, 3.05) is 5.32 Å². The average molecular weight is 530 g/mol. The molecule has 2 rings (SSSR count). The Bertz CT molecular complexity index is 1120. The van der Waals surface area contributed by atoms with Crippen LogP contribution in [0.15, 0.2) is 36.4 Å². The number of nitrogens with zero attached hydrogens (tertiary/aromatic N) is 1. The molecule has 8 heteroatoms. The Morgan fingerprint density at radius 1 is 1.00 bits per heavy atom. The second-order valence-electron chi connectivity index (χ2n) is 10.5. The monoisotopic (exact) mass is 529 g/mol. The molecule has 0 radical (unpaired) electrons. The summed E-state index contributed by atoms with van der Waals surface area (Å²) in [5.74, 6) is -0.778. The molecule has 3 unspecified atom stereocenters. The first-order valence-electron chi connectivity index (χ1n) is 12.6. The lowest BCUT2D eigenvalue weighted by atomic mass is 9.93. The van der Waals surface area contributed by atoms with E-state index >= 15 is 0 Å². The lowest BCUT2D eigenvalue weighted by Gasteiger charge is -2.38. The van der Waals surface area contributed by atoms with Gasteiger partial charge in [-0.25, -0.2) is 4.79 Å². The van der Waals surface area contributed by atoms with Crippen LogP contribution in [0, 0.1) is 20.8 Å². The van der Waals surface area contributed by atoms with Gasteiger partial charge in [0.1, 0.15) is 17.7 Å². The first-order chi connectivity index (χ1) is 17.2. The minimum atomic E-state index is -0.957. The Morgan fingerprint density at radius 3 is 2.16 bits per heavy atom. The molecular weight excluding hydrogens is 490 g/mol. The molecule has 0 fully saturated rings. The molecule has 0 aliphatic carbocycles. The standard InChI is InChI=1S/C29H40ClN3O4/c1-10-19(4)33(27(35)21(6)31-28(36)37-29(7,8)9)25(22-15-11-13-17(2)20(22)5)26(34)32-24-18(3)14-12-16-23(24)30/h11-16,19,21,25H,10H2,1-9H3,(H,31,36)(H,32,34). The largest absolute Gasteiger partial charge is 0.444 e. The van der Waals surface area contributed by atoms with Crippen LogP contribution in [0.2, 0.25) is 5.02 Å². The first-order valence-corrected chi connectivity index (χ1v) is 13.0. The highest BCUT2D eigenvalue weighted by atomic mass is 35.5. The van der Waals surface area contributed by atoms with Gasteiger partial charge in [-0.15, -0.1) is 0 Å². The third-order valence-corrected chi connectivity index (χ3v) is 6.68. The van der Waals surface area contributed by atoms with E-state index in [2.05, 4.69) is 10.6 Å². The highest BCUT2D eigenvalue weighted by Gasteiger charge is 2.38. The molecule has 3 atom stereocenters. The second kappa shape index (κ2) is 12.5. The van der Waals surface area contributed by atoms with Crippen LogP contribution in [0.3, 0.4) is 0 Å². The van der Waals surface area contributed by atoms with Crippen molar-refractivity contribution in [3.63, 3.8) is 0 Å². The molecule has 0 bridgehead atoms. The van der Waals surface area contributed by atoms with Crippen LogP contribution in [0.25, 0.3) is 0 Å². The summed E-state index contributed by atoms with van der Waals surface area (Å²) in [6.07, 6.45) is -0.0955. The zero-order chi connectivity index (χ0) is 28.1. The fourth-order valence-corrected chi connectivity index (χ4v) is 4.30. The molecule has 0 spiro atoms. The maximum absolute atomic E-state index is 14.0. The first kappa shape index (κ1) is 30.2. The molecule has 0 aliphatic rings. The van der Waals surface area contributed by atoms with Crippen molar-refractivity contribution in [2.24, 2.45) is 0 Å². The van der Waals surface area contributed by atoms with Gasteiger partial charge in [0, 0.05) is 6.04 Å². The molecule has 2 N–H and O–H groups in total. The van der Waals surface area contributed by atoms with Gasteiger partial charge in [0.05, 0.1) is 10.7 Å². The van der Waals surface area contributed by atoms with Gasteiger partial charge in [-0.1, -0.05) is 48.9 Å². The molecule has 0 saturated carbocycles. The smallest absolute Gasteiger partial charge is 0.408 e. The third-order valence-electron chi connectivity index (χ3n) is 6.36. The molecule has 3 amide bonds. The van der Waals surface area contributed by atoms with Gasteiger partial charge >= 0.3 is 6.09 Å². The van der Waals surface area contributed by atoms with Gasteiger partial charge in [0.15, 0.2) is 0 Å². The molecule has 7 nitrogen and oxygen atoms in total. The zero-order valence-corrected chi connectivity index (χ0v) is 24.1. The molecular formula is C29H40ClN3O4. The van der Waals surface area contributed by atoms with E-state index in [4.69, 9.17) is 16.3 Å². The zero-order valence-electron chi connectivity index (χ0n) is 23.4. The van der Waals surface area contributed by atoms with Crippen molar-refractivity contribution in [2.45, 2.75) is 92.5 Å². The number of anilines is 1. The van der Waals surface area contributed by atoms with E-state index < -0.39 is 29.7 Å².